The Balaban J connectivity index is 0.844. The maximum absolute atomic E-state index is 17.0. The number of amides is 1. The van der Waals surface area contributed by atoms with Gasteiger partial charge in [0, 0.05) is 101 Å². The standard InChI is InChI=1S/C53H64F2N8O2/c1-7-36(4)51(64)59(6)49-37(5)13-9-16-44(49)62-24-19-38(20-25-62)32-60-26-28-61(29-27-60)33-53(21-22-53)34-65-52-57-48-42(50(58-52)63-23-11-12-35(3)31-63)30-56-47(46(48)55)41-15-10-14-39-17-18-43(54)40(8-2)45(39)41/h2,9-10,13-18,30,35-36,38H,7,11-12,19-29,31-34H2,1,3-6H3. The van der Waals surface area contributed by atoms with Crippen LogP contribution >= 0.6 is 0 Å². The second-order valence-corrected chi connectivity index (χ2v) is 19.6. The van der Waals surface area contributed by atoms with Crippen LogP contribution in [0.3, 0.4) is 0 Å². The number of carbonyl (C=O) groups is 1. The normalized spacial score (nSPS) is 19.9. The van der Waals surface area contributed by atoms with Crippen LogP contribution in [0.1, 0.15) is 76.8 Å². The Morgan fingerprint density at radius 3 is 2.45 bits per heavy atom. The Kier molecular flexibility index (Phi) is 13.0. The van der Waals surface area contributed by atoms with E-state index < -0.39 is 11.6 Å². The first-order chi connectivity index (χ1) is 31.5. The summed E-state index contributed by atoms with van der Waals surface area (Å²) in [6.07, 6.45) is 14.8. The summed E-state index contributed by atoms with van der Waals surface area (Å²) in [6, 6.07) is 14.9. The molecule has 5 aromatic rings. The molecule has 2 atom stereocenters. The number of nitrogens with zero attached hydrogens (tertiary/aromatic N) is 8. The highest BCUT2D eigenvalue weighted by molar-refractivity contribution is 6.02. The van der Waals surface area contributed by atoms with Crippen molar-refractivity contribution >= 4 is 44.8 Å². The Bertz CT molecular complexity index is 2590. The number of pyridine rings is 1. The first kappa shape index (κ1) is 44.8. The zero-order valence-corrected chi connectivity index (χ0v) is 38.9. The van der Waals surface area contributed by atoms with Gasteiger partial charge in [-0.25, -0.2) is 8.78 Å². The Labute approximate surface area is 383 Å². The molecule has 0 N–H and O–H groups in total. The van der Waals surface area contributed by atoms with Crippen molar-refractivity contribution in [2.45, 2.75) is 72.6 Å². The number of piperazine rings is 1. The van der Waals surface area contributed by atoms with E-state index in [2.05, 4.69) is 69.5 Å². The molecule has 4 fully saturated rings. The van der Waals surface area contributed by atoms with Crippen molar-refractivity contribution in [3.8, 4) is 29.6 Å². The molecule has 0 radical (unpaired) electrons. The molecule has 4 aliphatic rings. The van der Waals surface area contributed by atoms with Crippen molar-refractivity contribution in [3.63, 3.8) is 0 Å². The van der Waals surface area contributed by atoms with E-state index >= 15 is 4.39 Å². The summed E-state index contributed by atoms with van der Waals surface area (Å²) in [4.78, 5) is 39.4. The number of piperidine rings is 2. The minimum Gasteiger partial charge on any atom is -0.463 e. The minimum absolute atomic E-state index is 0.00262. The topological polar surface area (TPSA) is 81.2 Å². The van der Waals surface area contributed by atoms with Gasteiger partial charge in [-0.05, 0) is 86.8 Å². The van der Waals surface area contributed by atoms with Crippen molar-refractivity contribution in [1.29, 1.82) is 0 Å². The highest BCUT2D eigenvalue weighted by Crippen LogP contribution is 2.47. The summed E-state index contributed by atoms with van der Waals surface area (Å²) in [6.45, 7) is 18.7. The van der Waals surface area contributed by atoms with E-state index in [4.69, 9.17) is 21.1 Å². The van der Waals surface area contributed by atoms with Gasteiger partial charge in [0.05, 0.1) is 28.9 Å². The summed E-state index contributed by atoms with van der Waals surface area (Å²) < 4.78 is 38.5. The monoisotopic (exact) mass is 883 g/mol. The highest BCUT2D eigenvalue weighted by Gasteiger charge is 2.45. The van der Waals surface area contributed by atoms with E-state index in [9.17, 15) is 9.18 Å². The lowest BCUT2D eigenvalue weighted by molar-refractivity contribution is -0.121. The Morgan fingerprint density at radius 2 is 1.72 bits per heavy atom. The van der Waals surface area contributed by atoms with Crippen molar-refractivity contribution in [3.05, 3.63) is 77.5 Å². The van der Waals surface area contributed by atoms with E-state index in [1.807, 2.05) is 24.9 Å². The van der Waals surface area contributed by atoms with Crippen LogP contribution in [0.2, 0.25) is 0 Å². The third-order valence-corrected chi connectivity index (χ3v) is 14.9. The number of carbonyl (C=O) groups excluding carboxylic acids is 1. The molecule has 9 rings (SSSR count). The van der Waals surface area contributed by atoms with Gasteiger partial charge in [0.2, 0.25) is 5.91 Å². The van der Waals surface area contributed by atoms with Crippen molar-refractivity contribution < 1.29 is 18.3 Å². The van der Waals surface area contributed by atoms with E-state index in [0.717, 1.165) is 122 Å². The number of ether oxygens (including phenoxy) is 1. The van der Waals surface area contributed by atoms with Crippen LogP contribution in [0.5, 0.6) is 6.01 Å². The first-order valence-corrected chi connectivity index (χ1v) is 23.9. The second-order valence-electron chi connectivity index (χ2n) is 19.6. The molecule has 1 aliphatic carbocycles. The predicted octanol–water partition coefficient (Wildman–Crippen LogP) is 9.35. The smallest absolute Gasteiger partial charge is 0.319 e. The maximum Gasteiger partial charge on any atom is 0.319 e. The van der Waals surface area contributed by atoms with E-state index in [1.165, 1.54) is 11.8 Å². The molecule has 2 aromatic heterocycles. The van der Waals surface area contributed by atoms with Gasteiger partial charge >= 0.3 is 6.01 Å². The summed E-state index contributed by atoms with van der Waals surface area (Å²) >= 11 is 0. The first-order valence-electron chi connectivity index (χ1n) is 23.9. The number of aryl methyl sites for hydroxylation is 1. The van der Waals surface area contributed by atoms with Crippen molar-refractivity contribution in [2.75, 3.05) is 93.8 Å². The van der Waals surface area contributed by atoms with Gasteiger partial charge in [-0.3, -0.25) is 9.78 Å². The zero-order chi connectivity index (χ0) is 45.4. The molecular formula is C53H64F2N8O2. The van der Waals surface area contributed by atoms with E-state index in [0.29, 0.717) is 46.0 Å². The number of halogens is 2. The number of fused-ring (bicyclic) bond motifs is 2. The van der Waals surface area contributed by atoms with Crippen LogP contribution in [-0.4, -0.2) is 110 Å². The molecule has 1 saturated carbocycles. The minimum atomic E-state index is -0.608. The van der Waals surface area contributed by atoms with Crippen molar-refractivity contribution in [2.24, 2.45) is 23.2 Å². The molecule has 3 saturated heterocycles. The number of hydrogen-bond donors (Lipinski definition) is 0. The lowest BCUT2D eigenvalue weighted by Gasteiger charge is -2.41. The van der Waals surface area contributed by atoms with Crippen molar-refractivity contribution in [1.82, 2.24) is 24.8 Å². The SMILES string of the molecule is C#Cc1c(F)ccc2cccc(-c3ncc4c(N5CCCC(C)C5)nc(OCC5(CN6CCN(CC7CCN(c8cccc(C)c8N(C)C(=O)C(C)CC)CC7)CC6)CC5)nc4c3F)c12. The fraction of sp³-hybridized carbons (Fsp3) is 0.509. The molecule has 12 heteroatoms. The van der Waals surface area contributed by atoms with Gasteiger partial charge in [-0.1, -0.05) is 63.1 Å². The number of terminal acetylenes is 1. The molecular weight excluding hydrogens is 819 g/mol. The number of aromatic nitrogens is 3. The summed E-state index contributed by atoms with van der Waals surface area (Å²) in [5.74, 6) is 3.26. The van der Waals surface area contributed by atoms with Crippen LogP contribution in [0, 0.1) is 54.1 Å². The fourth-order valence-corrected chi connectivity index (χ4v) is 10.6. The number of benzene rings is 3. The zero-order valence-electron chi connectivity index (χ0n) is 38.9. The van der Waals surface area contributed by atoms with Crippen LogP contribution in [-0.2, 0) is 4.79 Å². The van der Waals surface area contributed by atoms with Gasteiger partial charge in [0.15, 0.2) is 5.82 Å². The molecule has 342 valence electrons. The molecule has 0 spiro atoms. The molecule has 5 heterocycles. The molecule has 0 bridgehead atoms. The second kappa shape index (κ2) is 18.8. The van der Waals surface area contributed by atoms with E-state index in [-0.39, 0.29) is 40.0 Å². The lowest BCUT2D eigenvalue weighted by Crippen LogP contribution is -2.50. The Morgan fingerprint density at radius 1 is 0.969 bits per heavy atom. The summed E-state index contributed by atoms with van der Waals surface area (Å²) in [7, 11) is 1.93. The van der Waals surface area contributed by atoms with Crippen LogP contribution in [0.15, 0.2) is 54.7 Å². The third kappa shape index (κ3) is 9.24. The number of rotatable bonds is 13. The van der Waals surface area contributed by atoms with Gasteiger partial charge in [-0.2, -0.15) is 9.97 Å². The highest BCUT2D eigenvalue weighted by atomic mass is 19.1. The fourth-order valence-electron chi connectivity index (χ4n) is 10.6. The maximum atomic E-state index is 17.0. The van der Waals surface area contributed by atoms with Gasteiger partial charge in [0.25, 0.3) is 0 Å². The molecule has 3 aromatic carbocycles. The van der Waals surface area contributed by atoms with Gasteiger partial charge in [0.1, 0.15) is 22.8 Å². The number of para-hydroxylation sites is 1. The molecule has 1 amide bonds. The summed E-state index contributed by atoms with van der Waals surface area (Å²) in [5.41, 5.74) is 4.06. The lowest BCUT2D eigenvalue weighted by atomic mass is 9.95. The number of hydrogen-bond acceptors (Lipinski definition) is 9. The third-order valence-electron chi connectivity index (χ3n) is 14.9. The number of anilines is 3. The average Bonchev–Trinajstić information content (AvgIpc) is 4.10. The Hall–Kier alpha value is -5.38. The van der Waals surface area contributed by atoms with Crippen LogP contribution in [0.25, 0.3) is 32.9 Å². The van der Waals surface area contributed by atoms with E-state index in [1.54, 1.807) is 24.4 Å². The van der Waals surface area contributed by atoms with Crippen LogP contribution in [0.4, 0.5) is 26.0 Å². The van der Waals surface area contributed by atoms with Gasteiger partial charge < -0.3 is 29.2 Å². The quantitative estimate of drug-likeness (QED) is 0.108. The van der Waals surface area contributed by atoms with Gasteiger partial charge in [-0.15, -0.1) is 6.42 Å². The summed E-state index contributed by atoms with van der Waals surface area (Å²) in [5, 5.41) is 1.68. The average molecular weight is 883 g/mol. The molecule has 65 heavy (non-hydrogen) atoms. The molecule has 3 aliphatic heterocycles. The molecule has 2 unspecified atom stereocenters. The largest absolute Gasteiger partial charge is 0.463 e. The molecule has 10 nitrogen and oxygen atoms in total. The van der Waals surface area contributed by atoms with Crippen LogP contribution < -0.4 is 19.4 Å². The predicted molar refractivity (Wildman–Crippen MR) is 258 cm³/mol.